The Labute approximate surface area is 182 Å². The van der Waals surface area contributed by atoms with Gasteiger partial charge in [-0.1, -0.05) is 36.4 Å². The smallest absolute Gasteiger partial charge is 0.191 e. The summed E-state index contributed by atoms with van der Waals surface area (Å²) < 4.78 is 7.74. The molecule has 0 bridgehead atoms. The van der Waals surface area contributed by atoms with Gasteiger partial charge in [0.15, 0.2) is 5.96 Å². The number of halogens is 1. The molecule has 0 atom stereocenters. The number of hydrogen-bond acceptors (Lipinski definition) is 4. The van der Waals surface area contributed by atoms with E-state index in [-0.39, 0.29) is 24.0 Å². The van der Waals surface area contributed by atoms with Gasteiger partial charge >= 0.3 is 0 Å². The van der Waals surface area contributed by atoms with E-state index in [2.05, 4.69) is 25.7 Å². The van der Waals surface area contributed by atoms with E-state index in [0.717, 1.165) is 35.4 Å². The average Bonchev–Trinajstić information content (AvgIpc) is 3.11. The van der Waals surface area contributed by atoms with E-state index in [1.54, 1.807) is 4.68 Å². The van der Waals surface area contributed by atoms with Gasteiger partial charge in [-0.2, -0.15) is 5.10 Å². The van der Waals surface area contributed by atoms with Gasteiger partial charge < -0.3 is 15.4 Å². The van der Waals surface area contributed by atoms with Gasteiger partial charge in [0.1, 0.15) is 23.7 Å². The Morgan fingerprint density at radius 2 is 1.82 bits per heavy atom. The number of aromatic nitrogens is 3. The van der Waals surface area contributed by atoms with Crippen molar-refractivity contribution in [3.63, 3.8) is 0 Å². The molecule has 0 aliphatic heterocycles. The van der Waals surface area contributed by atoms with E-state index < -0.39 is 0 Å². The molecule has 2 N–H and O–H groups in total. The molecule has 148 valence electrons. The second-order valence-electron chi connectivity index (χ2n) is 5.87. The molecule has 0 aliphatic carbocycles. The summed E-state index contributed by atoms with van der Waals surface area (Å²) in [5, 5.41) is 10.6. The van der Waals surface area contributed by atoms with Crippen LogP contribution in [0.1, 0.15) is 18.3 Å². The molecule has 3 aromatic rings. The standard InChI is InChI=1S/C20H24N6O.HI/c1-3-21-20(23-14-19-24-15-25-26(19)2)22-13-16-9-7-8-12-18(16)27-17-10-5-4-6-11-17;/h4-12,15H,3,13-14H2,1-2H3,(H2,21,22,23);1H. The second kappa shape index (κ2) is 11.3. The largest absolute Gasteiger partial charge is 0.457 e. The van der Waals surface area contributed by atoms with Crippen LogP contribution in [0.4, 0.5) is 0 Å². The number of benzene rings is 2. The Bertz CT molecular complexity index is 881. The van der Waals surface area contributed by atoms with Crippen LogP contribution in [0.15, 0.2) is 65.9 Å². The molecule has 0 saturated heterocycles. The maximum atomic E-state index is 6.00. The zero-order chi connectivity index (χ0) is 18.9. The molecule has 0 amide bonds. The van der Waals surface area contributed by atoms with E-state index in [1.807, 2.05) is 68.6 Å². The van der Waals surface area contributed by atoms with Crippen LogP contribution in [0.2, 0.25) is 0 Å². The number of aliphatic imine (C=N–C) groups is 1. The van der Waals surface area contributed by atoms with Crippen LogP contribution in [-0.2, 0) is 20.1 Å². The summed E-state index contributed by atoms with van der Waals surface area (Å²) in [6, 6.07) is 17.7. The highest BCUT2D eigenvalue weighted by molar-refractivity contribution is 14.0. The summed E-state index contributed by atoms with van der Waals surface area (Å²) in [5.41, 5.74) is 1.01. The molecular weight excluding hydrogens is 467 g/mol. The number of hydrogen-bond donors (Lipinski definition) is 2. The van der Waals surface area contributed by atoms with Crippen molar-refractivity contribution in [3.05, 3.63) is 72.3 Å². The first-order valence-corrected chi connectivity index (χ1v) is 8.92. The minimum atomic E-state index is 0. The van der Waals surface area contributed by atoms with E-state index in [0.29, 0.717) is 13.1 Å². The van der Waals surface area contributed by atoms with Gasteiger partial charge in [0.05, 0.1) is 13.1 Å². The van der Waals surface area contributed by atoms with E-state index in [4.69, 9.17) is 4.74 Å². The molecule has 0 unspecified atom stereocenters. The van der Waals surface area contributed by atoms with Crippen LogP contribution < -0.4 is 15.4 Å². The van der Waals surface area contributed by atoms with Crippen LogP contribution >= 0.6 is 24.0 Å². The summed E-state index contributed by atoms with van der Waals surface area (Å²) in [6.45, 7) is 3.85. The average molecular weight is 492 g/mol. The lowest BCUT2D eigenvalue weighted by molar-refractivity contribution is 0.476. The summed E-state index contributed by atoms with van der Waals surface area (Å²) in [6.07, 6.45) is 1.54. The highest BCUT2D eigenvalue weighted by Crippen LogP contribution is 2.25. The van der Waals surface area contributed by atoms with Gasteiger partial charge in [0, 0.05) is 19.2 Å². The van der Waals surface area contributed by atoms with Gasteiger partial charge in [-0.25, -0.2) is 9.98 Å². The SMILES string of the molecule is CCNC(=NCc1ccccc1Oc1ccccc1)NCc1ncnn1C.I. The van der Waals surface area contributed by atoms with Gasteiger partial charge in [-0.05, 0) is 25.1 Å². The number of nitrogens with zero attached hydrogens (tertiary/aromatic N) is 4. The van der Waals surface area contributed by atoms with Crippen LogP contribution in [0, 0.1) is 0 Å². The molecule has 3 rings (SSSR count). The van der Waals surface area contributed by atoms with Crippen LogP contribution in [0.25, 0.3) is 0 Å². The summed E-state index contributed by atoms with van der Waals surface area (Å²) in [7, 11) is 1.87. The quantitative estimate of drug-likeness (QED) is 0.300. The number of ether oxygens (including phenoxy) is 1. The first-order valence-electron chi connectivity index (χ1n) is 8.92. The summed E-state index contributed by atoms with van der Waals surface area (Å²) in [5.74, 6) is 3.17. The van der Waals surface area contributed by atoms with Crippen molar-refractivity contribution in [1.82, 2.24) is 25.4 Å². The number of rotatable bonds is 7. The van der Waals surface area contributed by atoms with Crippen molar-refractivity contribution in [2.75, 3.05) is 6.54 Å². The third kappa shape index (κ3) is 6.22. The zero-order valence-corrected chi connectivity index (χ0v) is 18.3. The van der Waals surface area contributed by atoms with Crippen molar-refractivity contribution < 1.29 is 4.74 Å². The third-order valence-electron chi connectivity index (χ3n) is 3.91. The highest BCUT2D eigenvalue weighted by atomic mass is 127. The van der Waals surface area contributed by atoms with Gasteiger partial charge in [-0.3, -0.25) is 4.68 Å². The number of aryl methyl sites for hydroxylation is 1. The fourth-order valence-corrected chi connectivity index (χ4v) is 2.50. The molecule has 0 radical (unpaired) electrons. The predicted octanol–water partition coefficient (Wildman–Crippen LogP) is 3.48. The molecule has 28 heavy (non-hydrogen) atoms. The minimum absolute atomic E-state index is 0. The minimum Gasteiger partial charge on any atom is -0.457 e. The lowest BCUT2D eigenvalue weighted by Crippen LogP contribution is -2.37. The summed E-state index contributed by atoms with van der Waals surface area (Å²) in [4.78, 5) is 8.89. The van der Waals surface area contributed by atoms with Crippen molar-refractivity contribution >= 4 is 29.9 Å². The predicted molar refractivity (Wildman–Crippen MR) is 121 cm³/mol. The Hall–Kier alpha value is -2.62. The van der Waals surface area contributed by atoms with E-state index in [1.165, 1.54) is 6.33 Å². The van der Waals surface area contributed by atoms with Gasteiger partial charge in [0.25, 0.3) is 0 Å². The van der Waals surface area contributed by atoms with E-state index in [9.17, 15) is 0 Å². The molecular formula is C20H25IN6O. The van der Waals surface area contributed by atoms with Crippen molar-refractivity contribution in [3.8, 4) is 11.5 Å². The fourth-order valence-electron chi connectivity index (χ4n) is 2.50. The Morgan fingerprint density at radius 3 is 2.54 bits per heavy atom. The lowest BCUT2D eigenvalue weighted by Gasteiger charge is -2.12. The maximum Gasteiger partial charge on any atom is 0.191 e. The van der Waals surface area contributed by atoms with Crippen LogP contribution in [0.5, 0.6) is 11.5 Å². The fraction of sp³-hybridized carbons (Fsp3) is 0.250. The molecule has 1 aromatic heterocycles. The van der Waals surface area contributed by atoms with E-state index >= 15 is 0 Å². The molecule has 2 aromatic carbocycles. The first-order chi connectivity index (χ1) is 13.3. The normalized spacial score (nSPS) is 10.9. The van der Waals surface area contributed by atoms with Gasteiger partial charge in [0.2, 0.25) is 0 Å². The zero-order valence-electron chi connectivity index (χ0n) is 16.0. The third-order valence-corrected chi connectivity index (χ3v) is 3.91. The molecule has 0 fully saturated rings. The lowest BCUT2D eigenvalue weighted by atomic mass is 10.2. The molecule has 7 nitrogen and oxygen atoms in total. The van der Waals surface area contributed by atoms with Gasteiger partial charge in [-0.15, -0.1) is 24.0 Å². The monoisotopic (exact) mass is 492 g/mol. The van der Waals surface area contributed by atoms with Crippen LogP contribution in [0.3, 0.4) is 0 Å². The number of nitrogens with one attached hydrogen (secondary N) is 2. The maximum absolute atomic E-state index is 6.00. The molecule has 1 heterocycles. The summed E-state index contributed by atoms with van der Waals surface area (Å²) >= 11 is 0. The highest BCUT2D eigenvalue weighted by Gasteiger charge is 2.06. The van der Waals surface area contributed by atoms with Crippen molar-refractivity contribution in [2.24, 2.45) is 12.0 Å². The number of guanidine groups is 1. The Kier molecular flexibility index (Phi) is 8.73. The molecule has 0 aliphatic rings. The van der Waals surface area contributed by atoms with Crippen molar-refractivity contribution in [1.29, 1.82) is 0 Å². The Morgan fingerprint density at radius 1 is 1.07 bits per heavy atom. The molecule has 8 heteroatoms. The Balaban J connectivity index is 0.00000280. The molecule has 0 saturated carbocycles. The topological polar surface area (TPSA) is 76.4 Å². The van der Waals surface area contributed by atoms with Crippen LogP contribution in [-0.4, -0.2) is 27.3 Å². The molecule has 0 spiro atoms. The first kappa shape index (κ1) is 21.7. The second-order valence-corrected chi connectivity index (χ2v) is 5.87. The van der Waals surface area contributed by atoms with Crippen molar-refractivity contribution in [2.45, 2.75) is 20.0 Å². The number of para-hydroxylation sites is 2.